The molecule has 0 spiro atoms. The molecule has 4 heterocycles. The molecule has 2 atom stereocenters. The molecular formula is C48H58N4O6Si. The quantitative estimate of drug-likeness (QED) is 0.0608. The standard InChI is InChI=1S/C48H58N4O6Si/c1-48(2,3)59(4,5)58-44(39-19-21-43(53)46-40(39)20-22-45(54)50-46)31-49-30-34-13-11-16-37(28-34)57-27-10-9-12-33-17-18-38(35-14-7-6-8-15-35)41(29-33)52(47(55)56)42-32-51-25-23-36(42)24-26-51/h6-9,11-22,28-29,36,42,44,49,53H,10,23-27,30-32H2,1-5H3,(H,50,54)(H,55,56)/t42-,44-/m0/s1. The Kier molecular flexibility index (Phi) is 12.8. The van der Waals surface area contributed by atoms with Crippen LogP contribution in [-0.4, -0.2) is 73.3 Å². The summed E-state index contributed by atoms with van der Waals surface area (Å²) in [4.78, 5) is 31.9. The Morgan fingerprint density at radius 3 is 2.49 bits per heavy atom. The third-order valence-corrected chi connectivity index (χ3v) is 16.9. The van der Waals surface area contributed by atoms with Crippen molar-refractivity contribution in [3.8, 4) is 22.6 Å². The number of amides is 1. The maximum Gasteiger partial charge on any atom is 0.412 e. The van der Waals surface area contributed by atoms with Gasteiger partial charge in [-0.2, -0.15) is 0 Å². The summed E-state index contributed by atoms with van der Waals surface area (Å²) in [7, 11) is -2.21. The molecule has 10 nitrogen and oxygen atoms in total. The third kappa shape index (κ3) is 9.82. The number of aromatic nitrogens is 1. The average molecular weight is 815 g/mol. The van der Waals surface area contributed by atoms with Crippen molar-refractivity contribution >= 4 is 37.1 Å². The Balaban J connectivity index is 0.999. The molecule has 59 heavy (non-hydrogen) atoms. The van der Waals surface area contributed by atoms with E-state index in [9.17, 15) is 19.8 Å². The number of carboxylic acid groups (broad SMARTS) is 1. The number of phenols is 1. The van der Waals surface area contributed by atoms with E-state index in [-0.39, 0.29) is 28.5 Å². The maximum absolute atomic E-state index is 13.0. The van der Waals surface area contributed by atoms with E-state index in [1.807, 2.05) is 66.7 Å². The first-order valence-corrected chi connectivity index (χ1v) is 23.7. The highest BCUT2D eigenvalue weighted by atomic mass is 28.4. The lowest BCUT2D eigenvalue weighted by Crippen LogP contribution is -2.59. The lowest BCUT2D eigenvalue weighted by atomic mass is 9.82. The SMILES string of the molecule is CC(C)(C)[Si](C)(C)O[C@@H](CNCc1cccc(OCCC=Cc2ccc(-c3ccccc3)c(N(C(=O)O)[C@H]3CN4CCC3CC4)c2)c1)c1ccc(O)c2[nH]c(=O)ccc12. The number of aromatic amines is 1. The number of phenolic OH excluding ortho intramolecular Hbond substituents is 1. The number of H-pyrrole nitrogens is 1. The molecule has 0 radical (unpaired) electrons. The molecular weight excluding hydrogens is 757 g/mol. The summed E-state index contributed by atoms with van der Waals surface area (Å²) in [6, 6.07) is 30.9. The topological polar surface area (TPSA) is 127 Å². The van der Waals surface area contributed by atoms with Crippen molar-refractivity contribution in [3.63, 3.8) is 0 Å². The number of rotatable bonds is 15. The highest BCUT2D eigenvalue weighted by molar-refractivity contribution is 6.74. The van der Waals surface area contributed by atoms with Gasteiger partial charge in [-0.15, -0.1) is 0 Å². The van der Waals surface area contributed by atoms with E-state index in [4.69, 9.17) is 9.16 Å². The smallest absolute Gasteiger partial charge is 0.412 e. The molecule has 310 valence electrons. The predicted molar refractivity (Wildman–Crippen MR) is 240 cm³/mol. The fourth-order valence-corrected chi connectivity index (χ4v) is 9.48. The molecule has 1 aromatic heterocycles. The summed E-state index contributed by atoms with van der Waals surface area (Å²) in [5, 5.41) is 25.5. The lowest BCUT2D eigenvalue weighted by molar-refractivity contribution is 0.0838. The predicted octanol–water partition coefficient (Wildman–Crippen LogP) is 9.81. The minimum absolute atomic E-state index is 0.0164. The summed E-state index contributed by atoms with van der Waals surface area (Å²) in [6.07, 6.45) is 5.66. The number of hydrogen-bond donors (Lipinski definition) is 4. The Hall–Kier alpha value is -5.20. The molecule has 8 rings (SSSR count). The Morgan fingerprint density at radius 2 is 1.78 bits per heavy atom. The number of aromatic hydroxyl groups is 1. The van der Waals surface area contributed by atoms with Crippen molar-refractivity contribution in [2.75, 3.05) is 37.7 Å². The first-order valence-electron chi connectivity index (χ1n) is 20.8. The summed E-state index contributed by atoms with van der Waals surface area (Å²) in [5.41, 5.74) is 5.73. The highest BCUT2D eigenvalue weighted by Gasteiger charge is 2.41. The fraction of sp³-hybridized carbons (Fsp3) is 0.375. The van der Waals surface area contributed by atoms with Crippen molar-refractivity contribution in [2.24, 2.45) is 5.92 Å². The molecule has 2 bridgehead atoms. The van der Waals surface area contributed by atoms with Crippen LogP contribution in [0, 0.1) is 5.92 Å². The molecule has 3 saturated heterocycles. The van der Waals surface area contributed by atoms with Crippen molar-refractivity contribution in [2.45, 2.75) is 76.9 Å². The zero-order chi connectivity index (χ0) is 41.7. The zero-order valence-electron chi connectivity index (χ0n) is 34.9. The molecule has 5 aromatic rings. The number of benzene rings is 4. The van der Waals surface area contributed by atoms with Gasteiger partial charge in [0, 0.05) is 36.7 Å². The minimum Gasteiger partial charge on any atom is -0.506 e. The van der Waals surface area contributed by atoms with Crippen LogP contribution >= 0.6 is 0 Å². The lowest BCUT2D eigenvalue weighted by Gasteiger charge is -2.48. The Bertz CT molecular complexity index is 2330. The second-order valence-corrected chi connectivity index (χ2v) is 22.2. The number of nitrogens with one attached hydrogen (secondary N) is 2. The van der Waals surface area contributed by atoms with Gasteiger partial charge < -0.3 is 34.6 Å². The van der Waals surface area contributed by atoms with Crippen LogP contribution in [0.1, 0.15) is 62.8 Å². The molecule has 4 N–H and O–H groups in total. The van der Waals surface area contributed by atoms with Gasteiger partial charge in [0.05, 0.1) is 30.0 Å². The van der Waals surface area contributed by atoms with Gasteiger partial charge in [-0.1, -0.05) is 93.6 Å². The molecule has 0 aliphatic carbocycles. The van der Waals surface area contributed by atoms with E-state index in [1.165, 1.54) is 6.07 Å². The van der Waals surface area contributed by atoms with Crippen LogP contribution in [0.15, 0.2) is 108 Å². The van der Waals surface area contributed by atoms with Crippen LogP contribution in [0.2, 0.25) is 18.1 Å². The maximum atomic E-state index is 13.0. The molecule has 0 unspecified atom stereocenters. The number of fused-ring (bicyclic) bond motifs is 4. The van der Waals surface area contributed by atoms with Gasteiger partial charge in [0.2, 0.25) is 5.56 Å². The number of piperidine rings is 3. The van der Waals surface area contributed by atoms with E-state index < -0.39 is 14.4 Å². The van der Waals surface area contributed by atoms with Gasteiger partial charge in [-0.05, 0) is 109 Å². The second-order valence-electron chi connectivity index (χ2n) is 17.5. The molecule has 3 fully saturated rings. The second kappa shape index (κ2) is 18.0. The third-order valence-electron chi connectivity index (χ3n) is 12.4. The van der Waals surface area contributed by atoms with Gasteiger partial charge in [0.1, 0.15) is 11.5 Å². The molecule has 3 aliphatic rings. The highest BCUT2D eigenvalue weighted by Crippen LogP contribution is 2.42. The summed E-state index contributed by atoms with van der Waals surface area (Å²) >= 11 is 0. The van der Waals surface area contributed by atoms with Crippen LogP contribution in [0.25, 0.3) is 28.1 Å². The number of hydrogen-bond acceptors (Lipinski definition) is 7. The van der Waals surface area contributed by atoms with E-state index in [1.54, 1.807) is 17.0 Å². The summed E-state index contributed by atoms with van der Waals surface area (Å²) in [6.45, 7) is 15.6. The molecule has 0 saturated carbocycles. The van der Waals surface area contributed by atoms with Crippen molar-refractivity contribution in [1.29, 1.82) is 0 Å². The average Bonchev–Trinajstić information content (AvgIpc) is 3.21. The Labute approximate surface area is 348 Å². The number of anilines is 1. The van der Waals surface area contributed by atoms with Crippen LogP contribution in [0.5, 0.6) is 11.5 Å². The van der Waals surface area contributed by atoms with E-state index in [2.05, 4.69) is 73.4 Å². The van der Waals surface area contributed by atoms with Gasteiger partial charge in [0.15, 0.2) is 8.32 Å². The molecule has 3 aliphatic heterocycles. The van der Waals surface area contributed by atoms with Crippen LogP contribution in [0.3, 0.4) is 0 Å². The van der Waals surface area contributed by atoms with Crippen molar-refractivity contribution in [3.05, 3.63) is 130 Å². The fourth-order valence-electron chi connectivity index (χ4n) is 8.21. The van der Waals surface area contributed by atoms with Crippen LogP contribution in [-0.2, 0) is 11.0 Å². The van der Waals surface area contributed by atoms with Crippen LogP contribution < -0.4 is 20.5 Å². The Morgan fingerprint density at radius 1 is 1.00 bits per heavy atom. The monoisotopic (exact) mass is 814 g/mol. The number of pyridine rings is 1. The number of carbonyl (C=O) groups is 1. The van der Waals surface area contributed by atoms with Gasteiger partial charge in [-0.25, -0.2) is 4.79 Å². The van der Waals surface area contributed by atoms with Gasteiger partial charge in [0.25, 0.3) is 0 Å². The van der Waals surface area contributed by atoms with E-state index in [0.717, 1.165) is 77.1 Å². The largest absolute Gasteiger partial charge is 0.506 e. The molecule has 11 heteroatoms. The summed E-state index contributed by atoms with van der Waals surface area (Å²) in [5.74, 6) is 1.18. The van der Waals surface area contributed by atoms with Gasteiger partial charge in [-0.3, -0.25) is 9.69 Å². The molecule has 1 amide bonds. The summed E-state index contributed by atoms with van der Waals surface area (Å²) < 4.78 is 13.2. The van der Waals surface area contributed by atoms with Crippen LogP contribution in [0.4, 0.5) is 10.5 Å². The number of nitrogens with zero attached hydrogens (tertiary/aromatic N) is 2. The first-order chi connectivity index (χ1) is 28.3. The van der Waals surface area contributed by atoms with E-state index in [0.29, 0.717) is 37.6 Å². The zero-order valence-corrected chi connectivity index (χ0v) is 35.9. The van der Waals surface area contributed by atoms with Gasteiger partial charge >= 0.3 is 6.09 Å². The van der Waals surface area contributed by atoms with Crippen molar-refractivity contribution < 1.29 is 24.2 Å². The normalized spacial score (nSPS) is 18.6. The first kappa shape index (κ1) is 41.9. The number of ether oxygens (including phenoxy) is 1. The van der Waals surface area contributed by atoms with Crippen molar-refractivity contribution in [1.82, 2.24) is 15.2 Å². The molecule has 4 aromatic carbocycles. The minimum atomic E-state index is -2.21. The van der Waals surface area contributed by atoms with E-state index >= 15 is 0 Å².